The molecule has 1 aliphatic rings. The van der Waals surface area contributed by atoms with Crippen LogP contribution in [0.15, 0.2) is 36.5 Å². The lowest BCUT2D eigenvalue weighted by Crippen LogP contribution is -2.39. The Bertz CT molecular complexity index is 618. The van der Waals surface area contributed by atoms with E-state index in [1.165, 1.54) is 0 Å². The van der Waals surface area contributed by atoms with Gasteiger partial charge in [-0.3, -0.25) is 4.79 Å². The molecule has 0 atom stereocenters. The number of ether oxygens (including phenoxy) is 1. The van der Waals surface area contributed by atoms with Gasteiger partial charge in [0, 0.05) is 13.2 Å². The van der Waals surface area contributed by atoms with E-state index in [4.69, 9.17) is 4.74 Å². The second-order valence-corrected chi connectivity index (χ2v) is 5.57. The molecule has 22 heavy (non-hydrogen) atoms. The Labute approximate surface area is 129 Å². The summed E-state index contributed by atoms with van der Waals surface area (Å²) in [4.78, 5) is 12.3. The standard InChI is InChI=1S/C16H20N4O2/c1-22-14-9-7-12(8-10-14)17-16(21)15-11-20(19-18-15)13-5-3-2-4-6-13/h2-6,11-12,14H,7-10H2,1H3,(H,17,21). The number of nitrogens with one attached hydrogen (secondary N) is 1. The SMILES string of the molecule is COC1CCC(NC(=O)c2cn(-c3ccccc3)nn2)CC1. The first kappa shape index (κ1) is 14.7. The molecule has 1 aliphatic carbocycles. The zero-order valence-corrected chi connectivity index (χ0v) is 12.6. The van der Waals surface area contributed by atoms with E-state index >= 15 is 0 Å². The van der Waals surface area contributed by atoms with Crippen LogP contribution in [0, 0.1) is 0 Å². The van der Waals surface area contributed by atoms with Gasteiger partial charge in [0.1, 0.15) is 0 Å². The van der Waals surface area contributed by atoms with Gasteiger partial charge in [-0.05, 0) is 37.8 Å². The number of nitrogens with zero attached hydrogens (tertiary/aromatic N) is 3. The molecule has 1 saturated carbocycles. The number of aromatic nitrogens is 3. The monoisotopic (exact) mass is 300 g/mol. The Morgan fingerprint density at radius 1 is 1.23 bits per heavy atom. The number of para-hydroxylation sites is 1. The first-order valence-electron chi connectivity index (χ1n) is 7.57. The van der Waals surface area contributed by atoms with Gasteiger partial charge < -0.3 is 10.1 Å². The number of methoxy groups -OCH3 is 1. The van der Waals surface area contributed by atoms with Crippen LogP contribution in [0.4, 0.5) is 0 Å². The highest BCUT2D eigenvalue weighted by atomic mass is 16.5. The molecule has 0 aliphatic heterocycles. The molecule has 6 heteroatoms. The zero-order chi connectivity index (χ0) is 15.4. The third kappa shape index (κ3) is 3.33. The van der Waals surface area contributed by atoms with Crippen molar-refractivity contribution in [1.29, 1.82) is 0 Å². The number of benzene rings is 1. The lowest BCUT2D eigenvalue weighted by atomic mass is 9.93. The summed E-state index contributed by atoms with van der Waals surface area (Å²) in [6.45, 7) is 0. The Hall–Kier alpha value is -2.21. The maximum Gasteiger partial charge on any atom is 0.273 e. The molecule has 0 radical (unpaired) electrons. The van der Waals surface area contributed by atoms with Crippen LogP contribution in [0.5, 0.6) is 0 Å². The number of hydrogen-bond donors (Lipinski definition) is 1. The summed E-state index contributed by atoms with van der Waals surface area (Å²) in [5.41, 5.74) is 1.23. The number of amides is 1. The number of rotatable bonds is 4. The van der Waals surface area contributed by atoms with E-state index in [9.17, 15) is 4.79 Å². The third-order valence-corrected chi connectivity index (χ3v) is 4.09. The van der Waals surface area contributed by atoms with Crippen molar-refractivity contribution in [2.45, 2.75) is 37.8 Å². The molecule has 0 spiro atoms. The number of hydrogen-bond acceptors (Lipinski definition) is 4. The van der Waals surface area contributed by atoms with Gasteiger partial charge >= 0.3 is 0 Å². The van der Waals surface area contributed by atoms with Crippen LogP contribution in [0.1, 0.15) is 36.2 Å². The quantitative estimate of drug-likeness (QED) is 0.937. The van der Waals surface area contributed by atoms with Gasteiger partial charge in [0.05, 0.1) is 18.0 Å². The molecule has 0 unspecified atom stereocenters. The predicted octanol–water partition coefficient (Wildman–Crippen LogP) is 1.95. The molecule has 0 bridgehead atoms. The van der Waals surface area contributed by atoms with Gasteiger partial charge in [-0.2, -0.15) is 0 Å². The van der Waals surface area contributed by atoms with E-state index in [0.29, 0.717) is 11.8 Å². The van der Waals surface area contributed by atoms with Crippen molar-refractivity contribution in [2.75, 3.05) is 7.11 Å². The molecule has 1 heterocycles. The summed E-state index contributed by atoms with van der Waals surface area (Å²) < 4.78 is 6.95. The summed E-state index contributed by atoms with van der Waals surface area (Å²) in [5.74, 6) is -0.164. The van der Waals surface area contributed by atoms with Crippen molar-refractivity contribution in [3.63, 3.8) is 0 Å². The summed E-state index contributed by atoms with van der Waals surface area (Å²) >= 11 is 0. The van der Waals surface area contributed by atoms with Crippen LogP contribution in [0.2, 0.25) is 0 Å². The van der Waals surface area contributed by atoms with Crippen molar-refractivity contribution in [2.24, 2.45) is 0 Å². The van der Waals surface area contributed by atoms with Gasteiger partial charge in [0.2, 0.25) is 0 Å². The van der Waals surface area contributed by atoms with Crippen LogP contribution >= 0.6 is 0 Å². The van der Waals surface area contributed by atoms with Gasteiger partial charge in [0.15, 0.2) is 5.69 Å². The Morgan fingerprint density at radius 3 is 2.64 bits per heavy atom. The molecule has 1 N–H and O–H groups in total. The van der Waals surface area contributed by atoms with Gasteiger partial charge in [-0.15, -0.1) is 5.10 Å². The molecule has 1 aromatic carbocycles. The zero-order valence-electron chi connectivity index (χ0n) is 12.6. The van der Waals surface area contributed by atoms with Crippen LogP contribution in [-0.4, -0.2) is 40.2 Å². The molecule has 1 aromatic heterocycles. The highest BCUT2D eigenvalue weighted by Gasteiger charge is 2.23. The minimum absolute atomic E-state index is 0.164. The summed E-state index contributed by atoms with van der Waals surface area (Å²) in [7, 11) is 1.74. The van der Waals surface area contributed by atoms with E-state index in [-0.39, 0.29) is 11.9 Å². The predicted molar refractivity (Wildman–Crippen MR) is 81.9 cm³/mol. The van der Waals surface area contributed by atoms with E-state index in [0.717, 1.165) is 31.4 Å². The molecule has 3 rings (SSSR count). The average molecular weight is 300 g/mol. The van der Waals surface area contributed by atoms with E-state index in [1.54, 1.807) is 18.0 Å². The van der Waals surface area contributed by atoms with Crippen molar-refractivity contribution in [3.8, 4) is 5.69 Å². The Balaban J connectivity index is 1.60. The summed E-state index contributed by atoms with van der Waals surface area (Å²) in [6.07, 6.45) is 5.84. The molecule has 6 nitrogen and oxygen atoms in total. The van der Waals surface area contributed by atoms with Crippen LogP contribution < -0.4 is 5.32 Å². The third-order valence-electron chi connectivity index (χ3n) is 4.09. The van der Waals surface area contributed by atoms with E-state index in [1.807, 2.05) is 30.3 Å². The largest absolute Gasteiger partial charge is 0.381 e. The van der Waals surface area contributed by atoms with Crippen LogP contribution in [-0.2, 0) is 4.74 Å². The van der Waals surface area contributed by atoms with Crippen molar-refractivity contribution in [3.05, 3.63) is 42.2 Å². The second kappa shape index (κ2) is 6.70. The highest BCUT2D eigenvalue weighted by molar-refractivity contribution is 5.92. The smallest absolute Gasteiger partial charge is 0.273 e. The minimum Gasteiger partial charge on any atom is -0.381 e. The van der Waals surface area contributed by atoms with Gasteiger partial charge in [0.25, 0.3) is 5.91 Å². The van der Waals surface area contributed by atoms with Gasteiger partial charge in [-0.1, -0.05) is 23.4 Å². The molecule has 1 amide bonds. The fraction of sp³-hybridized carbons (Fsp3) is 0.438. The number of carbonyl (C=O) groups excluding carboxylic acids is 1. The first-order valence-corrected chi connectivity index (χ1v) is 7.57. The summed E-state index contributed by atoms with van der Waals surface area (Å²) in [5, 5.41) is 11.0. The second-order valence-electron chi connectivity index (χ2n) is 5.57. The lowest BCUT2D eigenvalue weighted by Gasteiger charge is -2.27. The molecular formula is C16H20N4O2. The number of carbonyl (C=O) groups is 1. The van der Waals surface area contributed by atoms with E-state index < -0.39 is 0 Å². The Morgan fingerprint density at radius 2 is 1.95 bits per heavy atom. The first-order chi connectivity index (χ1) is 10.8. The Kier molecular flexibility index (Phi) is 4.48. The van der Waals surface area contributed by atoms with E-state index in [2.05, 4.69) is 15.6 Å². The van der Waals surface area contributed by atoms with Crippen LogP contribution in [0.3, 0.4) is 0 Å². The molecule has 116 valence electrons. The van der Waals surface area contributed by atoms with Crippen LogP contribution in [0.25, 0.3) is 5.69 Å². The fourth-order valence-electron chi connectivity index (χ4n) is 2.78. The molecular weight excluding hydrogens is 280 g/mol. The minimum atomic E-state index is -0.164. The average Bonchev–Trinajstić information content (AvgIpc) is 3.06. The topological polar surface area (TPSA) is 69.0 Å². The van der Waals surface area contributed by atoms with Crippen molar-refractivity contribution >= 4 is 5.91 Å². The summed E-state index contributed by atoms with van der Waals surface area (Å²) in [6, 6.07) is 9.81. The maximum atomic E-state index is 12.3. The van der Waals surface area contributed by atoms with Gasteiger partial charge in [-0.25, -0.2) is 4.68 Å². The molecule has 2 aromatic rings. The highest BCUT2D eigenvalue weighted by Crippen LogP contribution is 2.20. The normalized spacial score (nSPS) is 21.5. The lowest BCUT2D eigenvalue weighted by molar-refractivity contribution is 0.0598. The maximum absolute atomic E-state index is 12.3. The molecule has 1 fully saturated rings. The van der Waals surface area contributed by atoms with Crippen molar-refractivity contribution in [1.82, 2.24) is 20.3 Å². The molecule has 0 saturated heterocycles. The van der Waals surface area contributed by atoms with Crippen molar-refractivity contribution < 1.29 is 9.53 Å². The fourth-order valence-corrected chi connectivity index (χ4v) is 2.78.